The zero-order valence-corrected chi connectivity index (χ0v) is 12.2. The summed E-state index contributed by atoms with van der Waals surface area (Å²) in [5, 5.41) is 5.75. The van der Waals surface area contributed by atoms with Crippen LogP contribution in [-0.4, -0.2) is 19.0 Å². The zero-order valence-electron chi connectivity index (χ0n) is 11.4. The van der Waals surface area contributed by atoms with Crippen molar-refractivity contribution in [1.29, 1.82) is 0 Å². The molecule has 2 aromatic carbocycles. The molecule has 0 saturated carbocycles. The first-order valence-corrected chi connectivity index (χ1v) is 7.02. The fourth-order valence-electron chi connectivity index (χ4n) is 1.84. The third-order valence-corrected chi connectivity index (χ3v) is 3.24. The summed E-state index contributed by atoms with van der Waals surface area (Å²) in [6.07, 6.45) is 0.787. The molecule has 0 spiro atoms. The zero-order chi connectivity index (χ0) is 15.1. The van der Waals surface area contributed by atoms with Crippen LogP contribution in [0.2, 0.25) is 5.02 Å². The van der Waals surface area contributed by atoms with Crippen LogP contribution in [0.1, 0.15) is 5.56 Å². The van der Waals surface area contributed by atoms with Gasteiger partial charge in [-0.05, 0) is 30.2 Å². The lowest BCUT2D eigenvalue weighted by molar-refractivity contribution is -0.119. The van der Waals surface area contributed by atoms with Gasteiger partial charge in [0.15, 0.2) is 0 Å². The Bertz CT molecular complexity index is 604. The van der Waals surface area contributed by atoms with Crippen LogP contribution in [-0.2, 0) is 11.2 Å². The third-order valence-electron chi connectivity index (χ3n) is 2.95. The largest absolute Gasteiger partial charge is 0.376 e. The summed E-state index contributed by atoms with van der Waals surface area (Å²) in [5.41, 5.74) is 1.79. The Hall–Kier alpha value is -2.07. The molecular weight excluding hydrogens is 291 g/mol. The quantitative estimate of drug-likeness (QED) is 0.860. The van der Waals surface area contributed by atoms with E-state index in [0.29, 0.717) is 12.2 Å². The van der Waals surface area contributed by atoms with Gasteiger partial charge in [-0.15, -0.1) is 0 Å². The normalized spacial score (nSPS) is 10.2. The van der Waals surface area contributed by atoms with Crippen LogP contribution < -0.4 is 10.6 Å². The molecule has 110 valence electrons. The van der Waals surface area contributed by atoms with Crippen molar-refractivity contribution in [1.82, 2.24) is 5.32 Å². The van der Waals surface area contributed by atoms with Crippen LogP contribution in [0.5, 0.6) is 0 Å². The van der Waals surface area contributed by atoms with E-state index in [0.717, 1.165) is 6.42 Å². The molecule has 0 aliphatic rings. The lowest BCUT2D eigenvalue weighted by Gasteiger charge is -2.08. The minimum absolute atomic E-state index is 0.0319. The van der Waals surface area contributed by atoms with Gasteiger partial charge < -0.3 is 10.6 Å². The molecule has 2 aromatic rings. The SMILES string of the molecule is O=C(CNc1ccc(F)c(Cl)c1)NCCc1ccccc1. The monoisotopic (exact) mass is 306 g/mol. The topological polar surface area (TPSA) is 41.1 Å². The Kier molecular flexibility index (Phi) is 5.58. The average molecular weight is 307 g/mol. The number of hydrogen-bond donors (Lipinski definition) is 2. The van der Waals surface area contributed by atoms with Crippen molar-refractivity contribution in [2.75, 3.05) is 18.4 Å². The highest BCUT2D eigenvalue weighted by molar-refractivity contribution is 6.31. The molecule has 2 N–H and O–H groups in total. The molecule has 0 heterocycles. The molecule has 21 heavy (non-hydrogen) atoms. The molecule has 0 atom stereocenters. The van der Waals surface area contributed by atoms with Gasteiger partial charge in [0.25, 0.3) is 0 Å². The molecule has 2 rings (SSSR count). The predicted molar refractivity (Wildman–Crippen MR) is 83.1 cm³/mol. The van der Waals surface area contributed by atoms with E-state index in [4.69, 9.17) is 11.6 Å². The third kappa shape index (κ3) is 5.08. The van der Waals surface area contributed by atoms with Crippen LogP contribution >= 0.6 is 11.6 Å². The van der Waals surface area contributed by atoms with E-state index in [-0.39, 0.29) is 17.5 Å². The summed E-state index contributed by atoms with van der Waals surface area (Å²) in [4.78, 5) is 11.7. The number of carbonyl (C=O) groups excluding carboxylic acids is 1. The Morgan fingerprint density at radius 2 is 1.90 bits per heavy atom. The van der Waals surface area contributed by atoms with Gasteiger partial charge in [0.1, 0.15) is 5.82 Å². The molecule has 3 nitrogen and oxygen atoms in total. The number of benzene rings is 2. The van der Waals surface area contributed by atoms with Gasteiger partial charge in [0, 0.05) is 12.2 Å². The van der Waals surface area contributed by atoms with E-state index in [9.17, 15) is 9.18 Å². The van der Waals surface area contributed by atoms with Crippen molar-refractivity contribution in [2.45, 2.75) is 6.42 Å². The van der Waals surface area contributed by atoms with E-state index in [1.165, 1.54) is 17.7 Å². The minimum atomic E-state index is -0.477. The van der Waals surface area contributed by atoms with E-state index in [2.05, 4.69) is 10.6 Å². The van der Waals surface area contributed by atoms with E-state index in [1.54, 1.807) is 6.07 Å². The van der Waals surface area contributed by atoms with E-state index in [1.807, 2.05) is 30.3 Å². The molecule has 5 heteroatoms. The van der Waals surface area contributed by atoms with Gasteiger partial charge in [0.05, 0.1) is 11.6 Å². The van der Waals surface area contributed by atoms with Crippen LogP contribution in [0, 0.1) is 5.82 Å². The first-order valence-electron chi connectivity index (χ1n) is 6.65. The summed E-state index contributed by atoms with van der Waals surface area (Å²) >= 11 is 5.67. The fraction of sp³-hybridized carbons (Fsp3) is 0.188. The van der Waals surface area contributed by atoms with Crippen LogP contribution in [0.4, 0.5) is 10.1 Å². The fourth-order valence-corrected chi connectivity index (χ4v) is 2.02. The second-order valence-corrected chi connectivity index (χ2v) is 4.98. The number of carbonyl (C=O) groups is 1. The Morgan fingerprint density at radius 3 is 2.62 bits per heavy atom. The second kappa shape index (κ2) is 7.64. The molecule has 0 unspecified atom stereocenters. The molecule has 0 aliphatic heterocycles. The number of rotatable bonds is 6. The standard InChI is InChI=1S/C16H16ClFN2O/c17-14-10-13(6-7-15(14)18)20-11-16(21)19-9-8-12-4-2-1-3-5-12/h1-7,10,20H,8-9,11H2,(H,19,21). The first kappa shape index (κ1) is 15.3. The number of nitrogens with one attached hydrogen (secondary N) is 2. The molecule has 0 radical (unpaired) electrons. The summed E-state index contributed by atoms with van der Waals surface area (Å²) in [6.45, 7) is 0.700. The maximum Gasteiger partial charge on any atom is 0.239 e. The van der Waals surface area contributed by atoms with Crippen molar-refractivity contribution in [3.05, 3.63) is 64.9 Å². The van der Waals surface area contributed by atoms with Crippen LogP contribution in [0.25, 0.3) is 0 Å². The van der Waals surface area contributed by atoms with Gasteiger partial charge >= 0.3 is 0 Å². The predicted octanol–water partition coefficient (Wildman–Crippen LogP) is 3.25. The molecule has 0 aliphatic carbocycles. The minimum Gasteiger partial charge on any atom is -0.376 e. The highest BCUT2D eigenvalue weighted by Crippen LogP contribution is 2.18. The van der Waals surface area contributed by atoms with Crippen molar-refractivity contribution in [3.63, 3.8) is 0 Å². The number of hydrogen-bond acceptors (Lipinski definition) is 2. The first-order chi connectivity index (χ1) is 10.1. The number of halogens is 2. The lowest BCUT2D eigenvalue weighted by Crippen LogP contribution is -2.31. The summed E-state index contributed by atoms with van der Waals surface area (Å²) in [6, 6.07) is 14.2. The molecule has 0 saturated heterocycles. The van der Waals surface area contributed by atoms with Crippen molar-refractivity contribution in [3.8, 4) is 0 Å². The molecule has 0 aromatic heterocycles. The highest BCUT2D eigenvalue weighted by atomic mass is 35.5. The second-order valence-electron chi connectivity index (χ2n) is 4.57. The van der Waals surface area contributed by atoms with Crippen molar-refractivity contribution in [2.24, 2.45) is 0 Å². The average Bonchev–Trinajstić information content (AvgIpc) is 2.49. The van der Waals surface area contributed by atoms with Crippen LogP contribution in [0.15, 0.2) is 48.5 Å². The van der Waals surface area contributed by atoms with Gasteiger partial charge in [0.2, 0.25) is 5.91 Å². The summed E-state index contributed by atoms with van der Waals surface area (Å²) in [7, 11) is 0. The number of amides is 1. The Labute approximate surface area is 128 Å². The van der Waals surface area contributed by atoms with E-state index < -0.39 is 5.82 Å². The van der Waals surface area contributed by atoms with Gasteiger partial charge in [-0.2, -0.15) is 0 Å². The maximum absolute atomic E-state index is 13.0. The Balaban J connectivity index is 1.71. The molecular formula is C16H16ClFN2O. The van der Waals surface area contributed by atoms with Crippen molar-refractivity contribution < 1.29 is 9.18 Å². The van der Waals surface area contributed by atoms with Crippen molar-refractivity contribution >= 4 is 23.2 Å². The summed E-state index contributed by atoms with van der Waals surface area (Å²) < 4.78 is 13.0. The molecule has 1 amide bonds. The van der Waals surface area contributed by atoms with Gasteiger partial charge in [-0.3, -0.25) is 4.79 Å². The smallest absolute Gasteiger partial charge is 0.239 e. The number of anilines is 1. The Morgan fingerprint density at radius 1 is 1.14 bits per heavy atom. The van der Waals surface area contributed by atoms with Crippen LogP contribution in [0.3, 0.4) is 0 Å². The maximum atomic E-state index is 13.0. The summed E-state index contributed by atoms with van der Waals surface area (Å²) in [5.74, 6) is -0.596. The van der Waals surface area contributed by atoms with Gasteiger partial charge in [-0.1, -0.05) is 41.9 Å². The molecule has 0 fully saturated rings. The highest BCUT2D eigenvalue weighted by Gasteiger charge is 2.03. The molecule has 0 bridgehead atoms. The van der Waals surface area contributed by atoms with E-state index >= 15 is 0 Å². The lowest BCUT2D eigenvalue weighted by atomic mass is 10.1. The van der Waals surface area contributed by atoms with Gasteiger partial charge in [-0.25, -0.2) is 4.39 Å².